The summed E-state index contributed by atoms with van der Waals surface area (Å²) in [6.45, 7) is 7.09. The maximum absolute atomic E-state index is 13.6. The first-order chi connectivity index (χ1) is 15.8. The van der Waals surface area contributed by atoms with Crippen molar-refractivity contribution in [3.8, 4) is 11.1 Å². The van der Waals surface area contributed by atoms with Crippen LogP contribution in [0.25, 0.3) is 11.1 Å². The number of amides is 1. The van der Waals surface area contributed by atoms with Crippen LogP contribution in [-0.4, -0.2) is 32.2 Å². The fourth-order valence-corrected chi connectivity index (χ4v) is 7.14. The zero-order valence-electron chi connectivity index (χ0n) is 19.6. The van der Waals surface area contributed by atoms with Crippen molar-refractivity contribution in [3.05, 3.63) is 59.0 Å². The first-order valence-electron chi connectivity index (χ1n) is 10.3. The zero-order chi connectivity index (χ0) is 25.3. The largest absolute Gasteiger partial charge is 0.444 e. The van der Waals surface area contributed by atoms with Gasteiger partial charge in [-0.05, 0) is 69.3 Å². The number of rotatable bonds is 5. The van der Waals surface area contributed by atoms with E-state index in [4.69, 9.17) is 15.9 Å². The van der Waals surface area contributed by atoms with E-state index in [9.17, 15) is 13.2 Å². The normalized spacial score (nSPS) is 11.8. The van der Waals surface area contributed by atoms with Crippen molar-refractivity contribution >= 4 is 50.6 Å². The zero-order valence-corrected chi connectivity index (χ0v) is 22.0. The SMILES string of the molecule is CSc1sc(C(=N)NC(=O)OC(C)(C)C)cc1S(=O)(=O)c1ccc(N)c(-c2ccccc2C)c1. The fourth-order valence-electron chi connectivity index (χ4n) is 3.22. The Kier molecular flexibility index (Phi) is 7.44. The Hall–Kier alpha value is -2.82. The number of anilines is 1. The molecule has 1 aromatic heterocycles. The molecule has 0 spiro atoms. The molecule has 0 radical (unpaired) electrons. The highest BCUT2D eigenvalue weighted by atomic mass is 32.2. The van der Waals surface area contributed by atoms with Gasteiger partial charge in [-0.2, -0.15) is 0 Å². The lowest BCUT2D eigenvalue weighted by molar-refractivity contribution is 0.0563. The van der Waals surface area contributed by atoms with Gasteiger partial charge in [0.25, 0.3) is 0 Å². The van der Waals surface area contributed by atoms with Crippen LogP contribution in [0.3, 0.4) is 0 Å². The number of hydrogen-bond donors (Lipinski definition) is 3. The van der Waals surface area contributed by atoms with Crippen molar-refractivity contribution in [3.63, 3.8) is 0 Å². The van der Waals surface area contributed by atoms with Crippen LogP contribution in [0, 0.1) is 12.3 Å². The monoisotopic (exact) mass is 517 g/mol. The molecular weight excluding hydrogens is 490 g/mol. The third kappa shape index (κ3) is 5.63. The van der Waals surface area contributed by atoms with E-state index < -0.39 is 21.5 Å². The standard InChI is InChI=1S/C24H27N3O4S3/c1-14-8-6-7-9-16(14)17-12-15(10-11-18(17)25)34(29,30)20-13-19(33-22(20)32-5)21(26)27-23(28)31-24(2,3)4/h6-13H,25H2,1-5H3,(H2,26,27,28). The van der Waals surface area contributed by atoms with E-state index in [1.54, 1.807) is 39.2 Å². The van der Waals surface area contributed by atoms with Crippen LogP contribution < -0.4 is 11.1 Å². The van der Waals surface area contributed by atoms with Crippen LogP contribution in [0.2, 0.25) is 0 Å². The number of alkyl carbamates (subject to hydrolysis) is 1. The van der Waals surface area contributed by atoms with E-state index in [2.05, 4.69) is 5.32 Å². The average molecular weight is 518 g/mol. The Bertz CT molecular complexity index is 1360. The van der Waals surface area contributed by atoms with Crippen LogP contribution in [0.4, 0.5) is 10.5 Å². The minimum Gasteiger partial charge on any atom is -0.444 e. The summed E-state index contributed by atoms with van der Waals surface area (Å²) in [7, 11) is -3.92. The molecule has 0 aliphatic carbocycles. The van der Waals surface area contributed by atoms with Crippen LogP contribution in [-0.2, 0) is 14.6 Å². The van der Waals surface area contributed by atoms with Gasteiger partial charge in [-0.3, -0.25) is 10.7 Å². The number of ether oxygens (including phenoxy) is 1. The Morgan fingerprint density at radius 3 is 2.41 bits per heavy atom. The number of hydrogen-bond acceptors (Lipinski definition) is 8. The van der Waals surface area contributed by atoms with Crippen LogP contribution in [0.15, 0.2) is 62.5 Å². The molecule has 3 aromatic rings. The third-order valence-corrected chi connectivity index (χ3v) is 9.11. The van der Waals surface area contributed by atoms with Gasteiger partial charge in [0, 0.05) is 11.3 Å². The summed E-state index contributed by atoms with van der Waals surface area (Å²) in [6, 6.07) is 13.7. The summed E-state index contributed by atoms with van der Waals surface area (Å²) in [4.78, 5) is 12.5. The number of nitrogens with one attached hydrogen (secondary N) is 2. The summed E-state index contributed by atoms with van der Waals surface area (Å²) in [6.07, 6.45) is 0.990. The van der Waals surface area contributed by atoms with E-state index in [1.165, 1.54) is 23.9 Å². The topological polar surface area (TPSA) is 122 Å². The van der Waals surface area contributed by atoms with Crippen molar-refractivity contribution in [2.75, 3.05) is 12.0 Å². The van der Waals surface area contributed by atoms with Gasteiger partial charge in [-0.25, -0.2) is 13.2 Å². The highest BCUT2D eigenvalue weighted by Gasteiger charge is 2.27. The van der Waals surface area contributed by atoms with E-state index in [-0.39, 0.29) is 15.6 Å². The summed E-state index contributed by atoms with van der Waals surface area (Å²) in [5.41, 5.74) is 8.42. The van der Waals surface area contributed by atoms with Crippen LogP contribution >= 0.6 is 23.1 Å². The average Bonchev–Trinajstić information content (AvgIpc) is 3.19. The molecule has 0 saturated carbocycles. The van der Waals surface area contributed by atoms with E-state index in [0.29, 0.717) is 20.3 Å². The van der Waals surface area contributed by atoms with Gasteiger partial charge >= 0.3 is 6.09 Å². The molecule has 0 aliphatic heterocycles. The van der Waals surface area contributed by atoms with E-state index in [1.807, 2.05) is 31.2 Å². The Balaban J connectivity index is 2.00. The lowest BCUT2D eigenvalue weighted by Gasteiger charge is -2.19. The molecule has 34 heavy (non-hydrogen) atoms. The van der Waals surface area contributed by atoms with E-state index >= 15 is 0 Å². The van der Waals surface area contributed by atoms with Gasteiger partial charge < -0.3 is 10.5 Å². The summed E-state index contributed by atoms with van der Waals surface area (Å²) in [5, 5.41) is 10.6. The predicted molar refractivity (Wildman–Crippen MR) is 139 cm³/mol. The molecule has 0 fully saturated rings. The first kappa shape index (κ1) is 25.8. The van der Waals surface area contributed by atoms with Crippen LogP contribution in [0.5, 0.6) is 0 Å². The highest BCUT2D eigenvalue weighted by molar-refractivity contribution is 8.01. The van der Waals surface area contributed by atoms with Crippen molar-refractivity contribution in [1.29, 1.82) is 5.41 Å². The third-order valence-electron chi connectivity index (χ3n) is 4.78. The molecule has 0 atom stereocenters. The number of thiophene rings is 1. The second kappa shape index (κ2) is 9.81. The molecule has 10 heteroatoms. The second-order valence-corrected chi connectivity index (χ2v) is 12.6. The molecule has 0 aliphatic rings. The summed E-state index contributed by atoms with van der Waals surface area (Å²) < 4.78 is 32.9. The molecule has 7 nitrogen and oxygen atoms in total. The van der Waals surface area contributed by atoms with Gasteiger partial charge in [0.15, 0.2) is 0 Å². The number of carbonyl (C=O) groups is 1. The lowest BCUT2D eigenvalue weighted by atomic mass is 9.99. The van der Waals surface area contributed by atoms with E-state index in [0.717, 1.165) is 22.5 Å². The lowest BCUT2D eigenvalue weighted by Crippen LogP contribution is -2.36. The van der Waals surface area contributed by atoms with Crippen molar-refractivity contribution in [2.24, 2.45) is 0 Å². The van der Waals surface area contributed by atoms with Crippen molar-refractivity contribution in [1.82, 2.24) is 5.32 Å². The Morgan fingerprint density at radius 2 is 1.79 bits per heavy atom. The summed E-state index contributed by atoms with van der Waals surface area (Å²) in [5.74, 6) is -0.228. The van der Waals surface area contributed by atoms with Crippen LogP contribution in [0.1, 0.15) is 31.2 Å². The van der Waals surface area contributed by atoms with Gasteiger partial charge in [0.1, 0.15) is 11.4 Å². The Labute approximate surface area is 208 Å². The number of aryl methyl sites for hydroxylation is 1. The molecule has 2 aromatic carbocycles. The van der Waals surface area contributed by atoms with Gasteiger partial charge in [-0.1, -0.05) is 24.3 Å². The summed E-state index contributed by atoms with van der Waals surface area (Å²) >= 11 is 2.38. The number of nitrogens with two attached hydrogens (primary N) is 1. The number of benzene rings is 2. The smallest absolute Gasteiger partial charge is 0.413 e. The van der Waals surface area contributed by atoms with Gasteiger partial charge in [-0.15, -0.1) is 23.1 Å². The minimum atomic E-state index is -3.92. The quantitative estimate of drug-likeness (QED) is 0.172. The van der Waals surface area contributed by atoms with Gasteiger partial charge in [0.05, 0.1) is 18.9 Å². The maximum atomic E-state index is 13.6. The minimum absolute atomic E-state index is 0.0799. The van der Waals surface area contributed by atoms with Gasteiger partial charge in [0.2, 0.25) is 9.84 Å². The van der Waals surface area contributed by atoms with Crippen molar-refractivity contribution < 1.29 is 17.9 Å². The highest BCUT2D eigenvalue weighted by Crippen LogP contribution is 2.39. The maximum Gasteiger partial charge on any atom is 0.413 e. The molecule has 0 bridgehead atoms. The number of carbonyl (C=O) groups excluding carboxylic acids is 1. The molecule has 3 rings (SSSR count). The second-order valence-electron chi connectivity index (χ2n) is 8.54. The number of nitrogen functional groups attached to an aromatic ring is 1. The number of sulfone groups is 1. The number of thioether (sulfide) groups is 1. The molecule has 180 valence electrons. The molecule has 0 unspecified atom stereocenters. The molecular formula is C24H27N3O4S3. The molecule has 0 saturated heterocycles. The molecule has 4 N–H and O–H groups in total. The number of amidine groups is 1. The molecule has 1 heterocycles. The first-order valence-corrected chi connectivity index (χ1v) is 13.8. The van der Waals surface area contributed by atoms with Crippen molar-refractivity contribution in [2.45, 2.75) is 47.3 Å². The fraction of sp³-hybridized carbons (Fsp3) is 0.250. The Morgan fingerprint density at radius 1 is 1.12 bits per heavy atom. The molecule has 1 amide bonds. The predicted octanol–water partition coefficient (Wildman–Crippen LogP) is 5.71.